The van der Waals surface area contributed by atoms with Gasteiger partial charge in [0.1, 0.15) is 12.3 Å². The topological polar surface area (TPSA) is 90.1 Å². The van der Waals surface area contributed by atoms with E-state index in [1.165, 1.54) is 5.01 Å². The van der Waals surface area contributed by atoms with Gasteiger partial charge >= 0.3 is 0 Å². The maximum atomic E-state index is 6.09. The van der Waals surface area contributed by atoms with Crippen molar-refractivity contribution >= 4 is 17.2 Å². The van der Waals surface area contributed by atoms with Gasteiger partial charge in [0.15, 0.2) is 11.6 Å². The molecule has 4 rings (SSSR count). The average Bonchev–Trinajstić information content (AvgIpc) is 3.28. The van der Waals surface area contributed by atoms with Crippen LogP contribution in [-0.4, -0.2) is 45.2 Å². The highest BCUT2D eigenvalue weighted by molar-refractivity contribution is 7.15. The quantitative estimate of drug-likeness (QED) is 0.563. The maximum absolute atomic E-state index is 6.09. The number of rotatable bonds is 5. The summed E-state index contributed by atoms with van der Waals surface area (Å²) in [7, 11) is 2.17. The number of ether oxygens (including phenoxy) is 1. The molecule has 0 atom stereocenters. The van der Waals surface area contributed by atoms with Crippen molar-refractivity contribution in [1.29, 1.82) is 0 Å². The van der Waals surface area contributed by atoms with Crippen LogP contribution >= 0.6 is 11.3 Å². The maximum Gasteiger partial charge on any atom is 0.166 e. The Morgan fingerprint density at radius 1 is 1.15 bits per heavy atom. The molecule has 1 saturated heterocycles. The zero-order valence-electron chi connectivity index (χ0n) is 19.6. The molecule has 0 bridgehead atoms. The van der Waals surface area contributed by atoms with E-state index in [4.69, 9.17) is 15.5 Å². The number of piperidine rings is 1. The van der Waals surface area contributed by atoms with Crippen LogP contribution in [0.1, 0.15) is 55.8 Å². The number of likely N-dealkylation sites (tertiary alicyclic amines) is 1. The molecule has 1 aliphatic rings. The second-order valence-corrected chi connectivity index (χ2v) is 10.5. The molecule has 1 aliphatic heterocycles. The van der Waals surface area contributed by atoms with E-state index in [1.807, 2.05) is 18.3 Å². The third-order valence-corrected chi connectivity index (χ3v) is 6.64. The molecule has 4 heterocycles. The minimum atomic E-state index is -0.0986. The van der Waals surface area contributed by atoms with Gasteiger partial charge in [0.2, 0.25) is 0 Å². The molecule has 0 spiro atoms. The van der Waals surface area contributed by atoms with E-state index in [-0.39, 0.29) is 5.41 Å². The molecule has 1 fully saturated rings. The van der Waals surface area contributed by atoms with Crippen LogP contribution in [-0.2, 0) is 6.61 Å². The summed E-state index contributed by atoms with van der Waals surface area (Å²) in [6.45, 7) is 8.72. The van der Waals surface area contributed by atoms with Crippen molar-refractivity contribution in [2.75, 3.05) is 25.9 Å². The number of nitrogens with zero attached hydrogens (tertiary/aromatic N) is 5. The number of pyridine rings is 1. The lowest BCUT2D eigenvalue weighted by Gasteiger charge is -2.27. The van der Waals surface area contributed by atoms with E-state index < -0.39 is 0 Å². The molecule has 0 unspecified atom stereocenters. The summed E-state index contributed by atoms with van der Waals surface area (Å²) in [5.41, 5.74) is 8.44. The number of nitrogen functional groups attached to an aromatic ring is 1. The van der Waals surface area contributed by atoms with E-state index >= 15 is 0 Å². The Labute approximate surface area is 199 Å². The Balaban J connectivity index is 1.46. The van der Waals surface area contributed by atoms with Crippen LogP contribution in [0.4, 0.5) is 5.82 Å². The minimum Gasteiger partial charge on any atom is -0.485 e. The molecule has 0 aromatic carbocycles. The van der Waals surface area contributed by atoms with Gasteiger partial charge in [0.25, 0.3) is 0 Å². The van der Waals surface area contributed by atoms with Crippen molar-refractivity contribution < 1.29 is 4.74 Å². The minimum absolute atomic E-state index is 0.0986. The van der Waals surface area contributed by atoms with Gasteiger partial charge in [-0.1, -0.05) is 5.92 Å². The third kappa shape index (κ3) is 6.28. The van der Waals surface area contributed by atoms with Gasteiger partial charge in [0, 0.05) is 34.9 Å². The van der Waals surface area contributed by atoms with E-state index in [0.717, 1.165) is 41.9 Å². The summed E-state index contributed by atoms with van der Waals surface area (Å²) in [5.74, 6) is 7.68. The largest absolute Gasteiger partial charge is 0.485 e. The Morgan fingerprint density at radius 2 is 1.94 bits per heavy atom. The Bertz CT molecular complexity index is 1170. The van der Waals surface area contributed by atoms with Crippen LogP contribution in [0.3, 0.4) is 0 Å². The zero-order valence-corrected chi connectivity index (χ0v) is 20.4. The highest BCUT2D eigenvalue weighted by Gasteiger charge is 2.21. The van der Waals surface area contributed by atoms with E-state index in [2.05, 4.69) is 59.7 Å². The Hall–Kier alpha value is -3.02. The van der Waals surface area contributed by atoms with Gasteiger partial charge in [-0.15, -0.1) is 16.4 Å². The summed E-state index contributed by atoms with van der Waals surface area (Å²) in [6, 6.07) is 3.82. The van der Waals surface area contributed by atoms with Crippen molar-refractivity contribution in [3.05, 3.63) is 47.0 Å². The number of nitrogens with two attached hydrogens (primary N) is 1. The monoisotopic (exact) mass is 462 g/mol. The summed E-state index contributed by atoms with van der Waals surface area (Å²) in [5, 5.41) is 9.34. The first-order chi connectivity index (χ1) is 15.8. The van der Waals surface area contributed by atoms with Crippen molar-refractivity contribution in [1.82, 2.24) is 25.1 Å². The van der Waals surface area contributed by atoms with E-state index in [1.54, 1.807) is 23.7 Å². The molecular weight excluding hydrogens is 432 g/mol. The molecule has 7 nitrogen and oxygen atoms in total. The van der Waals surface area contributed by atoms with Crippen LogP contribution in [0, 0.1) is 17.3 Å². The van der Waals surface area contributed by atoms with Gasteiger partial charge in [-0.2, -0.15) is 5.10 Å². The number of anilines is 1. The van der Waals surface area contributed by atoms with Gasteiger partial charge in [-0.3, -0.25) is 0 Å². The van der Waals surface area contributed by atoms with Gasteiger partial charge in [0.05, 0.1) is 16.1 Å². The second kappa shape index (κ2) is 9.86. The summed E-state index contributed by atoms with van der Waals surface area (Å²) in [6.07, 6.45) is 7.69. The summed E-state index contributed by atoms with van der Waals surface area (Å²) in [4.78, 5) is 12.5. The van der Waals surface area contributed by atoms with Crippen LogP contribution in [0.5, 0.6) is 5.75 Å². The first-order valence-electron chi connectivity index (χ1n) is 11.1. The van der Waals surface area contributed by atoms with Crippen molar-refractivity contribution in [3.63, 3.8) is 0 Å². The smallest absolute Gasteiger partial charge is 0.166 e. The first kappa shape index (κ1) is 23.1. The van der Waals surface area contributed by atoms with Crippen LogP contribution < -0.4 is 10.5 Å². The Morgan fingerprint density at radius 3 is 2.70 bits per heavy atom. The lowest BCUT2D eigenvalue weighted by Crippen LogP contribution is -2.29. The molecule has 3 aromatic rings. The highest BCUT2D eigenvalue weighted by Crippen LogP contribution is 2.36. The third-order valence-electron chi connectivity index (χ3n) is 5.43. The molecular formula is C25H30N6OS. The predicted molar refractivity (Wildman–Crippen MR) is 132 cm³/mol. The van der Waals surface area contributed by atoms with Crippen LogP contribution in [0.25, 0.3) is 10.4 Å². The molecule has 33 heavy (non-hydrogen) atoms. The van der Waals surface area contributed by atoms with E-state index in [9.17, 15) is 0 Å². The molecule has 0 aliphatic carbocycles. The molecule has 8 heteroatoms. The fraction of sp³-hybridized carbons (Fsp3) is 0.440. The lowest BCUT2D eigenvalue weighted by atomic mass is 9.98. The van der Waals surface area contributed by atoms with Crippen LogP contribution in [0.15, 0.2) is 30.7 Å². The molecule has 3 aromatic heterocycles. The highest BCUT2D eigenvalue weighted by atomic mass is 32.1. The molecule has 0 radical (unpaired) electrons. The molecule has 0 saturated carbocycles. The predicted octanol–water partition coefficient (Wildman–Crippen LogP) is 4.36. The molecule has 2 N–H and O–H groups in total. The van der Waals surface area contributed by atoms with Crippen molar-refractivity contribution in [2.24, 2.45) is 5.41 Å². The zero-order chi connectivity index (χ0) is 23.4. The number of hydrogen-bond acceptors (Lipinski definition) is 8. The summed E-state index contributed by atoms with van der Waals surface area (Å²) >= 11 is 1.73. The molecule has 0 amide bonds. The average molecular weight is 463 g/mol. The fourth-order valence-electron chi connectivity index (χ4n) is 3.53. The SMILES string of the molecule is CN1CCC(c2ncc(-c3cnc(N)c(OCc4cnnc(C#CC(C)(C)C)c4)c3)s2)CC1. The van der Waals surface area contributed by atoms with Gasteiger partial charge < -0.3 is 15.4 Å². The van der Waals surface area contributed by atoms with E-state index in [0.29, 0.717) is 29.8 Å². The lowest BCUT2D eigenvalue weighted by molar-refractivity contribution is 0.255. The Kier molecular flexibility index (Phi) is 6.91. The molecule has 172 valence electrons. The van der Waals surface area contributed by atoms with Crippen molar-refractivity contribution in [2.45, 2.75) is 46.1 Å². The van der Waals surface area contributed by atoms with Gasteiger partial charge in [-0.25, -0.2) is 9.97 Å². The first-order valence-corrected chi connectivity index (χ1v) is 12.0. The second-order valence-electron chi connectivity index (χ2n) is 9.49. The number of hydrogen-bond donors (Lipinski definition) is 1. The van der Waals surface area contributed by atoms with Gasteiger partial charge in [-0.05, 0) is 71.8 Å². The van der Waals surface area contributed by atoms with Crippen LogP contribution in [0.2, 0.25) is 0 Å². The summed E-state index contributed by atoms with van der Waals surface area (Å²) < 4.78 is 6.00. The standard InChI is InChI=1S/C25H30N6OS/c1-25(2,3)8-5-20-11-17(13-29-30-20)16-32-21-12-19(14-27-23(21)26)22-15-28-24(33-22)18-6-9-31(4)10-7-18/h11-15,18H,6-7,9-10,16H2,1-4H3,(H2,26,27). The number of aromatic nitrogens is 4. The van der Waals surface area contributed by atoms with Crippen molar-refractivity contribution in [3.8, 4) is 28.0 Å². The normalized spacial score (nSPS) is 15.2. The fourth-order valence-corrected chi connectivity index (χ4v) is 4.60. The number of thiazole rings is 1.